The summed E-state index contributed by atoms with van der Waals surface area (Å²) in [6.45, 7) is 7.90. The molecular formula is C15H22N4O3S2. The third-order valence-electron chi connectivity index (χ3n) is 3.77. The predicted molar refractivity (Wildman–Crippen MR) is 95.4 cm³/mol. The number of primary sulfonamides is 1. The minimum atomic E-state index is -3.77. The molecule has 1 amide bonds. The molecule has 0 aliphatic carbocycles. The molecule has 24 heavy (non-hydrogen) atoms. The molecule has 0 spiro atoms. The molecule has 2 N–H and O–H groups in total. The average molecular weight is 371 g/mol. The monoisotopic (exact) mass is 370 g/mol. The minimum absolute atomic E-state index is 0.0338. The SMILES string of the molecule is CCN(CC)C(=O)CSc1nc2cc(S(N)(=O)=O)ccc2n1CC. The molecule has 7 nitrogen and oxygen atoms in total. The first-order valence-corrected chi connectivity index (χ1v) is 10.3. The van der Waals surface area contributed by atoms with Crippen LogP contribution in [-0.4, -0.2) is 47.6 Å². The summed E-state index contributed by atoms with van der Waals surface area (Å²) in [5, 5.41) is 5.86. The van der Waals surface area contributed by atoms with Gasteiger partial charge in [-0.15, -0.1) is 0 Å². The zero-order chi connectivity index (χ0) is 17.9. The van der Waals surface area contributed by atoms with E-state index in [9.17, 15) is 13.2 Å². The van der Waals surface area contributed by atoms with E-state index in [1.165, 1.54) is 23.9 Å². The Bertz CT molecular complexity index is 842. The molecule has 132 valence electrons. The van der Waals surface area contributed by atoms with Gasteiger partial charge in [-0.25, -0.2) is 18.5 Å². The summed E-state index contributed by atoms with van der Waals surface area (Å²) in [7, 11) is -3.77. The van der Waals surface area contributed by atoms with E-state index in [0.29, 0.717) is 36.1 Å². The molecule has 1 aromatic carbocycles. The van der Waals surface area contributed by atoms with Crippen LogP contribution in [0.15, 0.2) is 28.3 Å². The maximum Gasteiger partial charge on any atom is 0.238 e. The Morgan fingerprint density at radius 2 is 1.96 bits per heavy atom. The Kier molecular flexibility index (Phi) is 5.89. The fraction of sp³-hybridized carbons (Fsp3) is 0.467. The van der Waals surface area contributed by atoms with Crippen molar-refractivity contribution in [1.82, 2.24) is 14.5 Å². The van der Waals surface area contributed by atoms with Crippen LogP contribution in [0, 0.1) is 0 Å². The van der Waals surface area contributed by atoms with Gasteiger partial charge < -0.3 is 9.47 Å². The molecular weight excluding hydrogens is 348 g/mol. The number of hydrogen-bond donors (Lipinski definition) is 1. The lowest BCUT2D eigenvalue weighted by Gasteiger charge is -2.18. The standard InChI is InChI=1S/C15H22N4O3S2/c1-4-18(5-2)14(20)10-23-15-17-12-9-11(24(16,21)22)7-8-13(12)19(15)6-3/h7-9H,4-6,10H2,1-3H3,(H2,16,21,22). The molecule has 1 aromatic heterocycles. The minimum Gasteiger partial charge on any atom is -0.343 e. The summed E-state index contributed by atoms with van der Waals surface area (Å²) in [6.07, 6.45) is 0. The summed E-state index contributed by atoms with van der Waals surface area (Å²) in [4.78, 5) is 18.4. The van der Waals surface area contributed by atoms with Crippen LogP contribution in [0.3, 0.4) is 0 Å². The fourth-order valence-corrected chi connectivity index (χ4v) is 3.99. The first-order chi connectivity index (χ1) is 11.3. The lowest BCUT2D eigenvalue weighted by Crippen LogP contribution is -2.31. The molecule has 0 radical (unpaired) electrons. The third kappa shape index (κ3) is 3.90. The van der Waals surface area contributed by atoms with E-state index in [1.54, 1.807) is 11.0 Å². The van der Waals surface area contributed by atoms with E-state index < -0.39 is 10.0 Å². The molecule has 1 heterocycles. The van der Waals surface area contributed by atoms with Crippen LogP contribution < -0.4 is 5.14 Å². The van der Waals surface area contributed by atoms with Crippen LogP contribution in [0.25, 0.3) is 11.0 Å². The van der Waals surface area contributed by atoms with Crippen LogP contribution in [0.4, 0.5) is 0 Å². The van der Waals surface area contributed by atoms with Crippen molar-refractivity contribution in [2.75, 3.05) is 18.8 Å². The van der Waals surface area contributed by atoms with Gasteiger partial charge in [0.05, 0.1) is 21.7 Å². The molecule has 0 bridgehead atoms. The highest BCUT2D eigenvalue weighted by molar-refractivity contribution is 7.99. The second-order valence-corrected chi connectivity index (χ2v) is 7.69. The number of imidazole rings is 1. The topological polar surface area (TPSA) is 98.3 Å². The van der Waals surface area contributed by atoms with Crippen LogP contribution in [0.5, 0.6) is 0 Å². The van der Waals surface area contributed by atoms with Gasteiger partial charge in [-0.05, 0) is 39.0 Å². The van der Waals surface area contributed by atoms with Crippen LogP contribution >= 0.6 is 11.8 Å². The summed E-state index contributed by atoms with van der Waals surface area (Å²) < 4.78 is 24.9. The molecule has 0 aliphatic heterocycles. The predicted octanol–water partition coefficient (Wildman–Crippen LogP) is 1.66. The van der Waals surface area contributed by atoms with Gasteiger partial charge in [-0.1, -0.05) is 11.8 Å². The van der Waals surface area contributed by atoms with Crippen molar-refractivity contribution in [3.63, 3.8) is 0 Å². The number of thioether (sulfide) groups is 1. The van der Waals surface area contributed by atoms with Crippen molar-refractivity contribution in [3.05, 3.63) is 18.2 Å². The normalized spacial score (nSPS) is 11.8. The summed E-state index contributed by atoms with van der Waals surface area (Å²) >= 11 is 1.36. The highest BCUT2D eigenvalue weighted by atomic mass is 32.2. The zero-order valence-corrected chi connectivity index (χ0v) is 15.7. The largest absolute Gasteiger partial charge is 0.343 e. The Morgan fingerprint density at radius 1 is 1.29 bits per heavy atom. The van der Waals surface area contributed by atoms with Gasteiger partial charge in [0.2, 0.25) is 15.9 Å². The van der Waals surface area contributed by atoms with Crippen LogP contribution in [-0.2, 0) is 21.4 Å². The second-order valence-electron chi connectivity index (χ2n) is 5.19. The molecule has 0 aliphatic rings. The Balaban J connectivity index is 2.32. The van der Waals surface area contributed by atoms with Crippen LogP contribution in [0.1, 0.15) is 20.8 Å². The summed E-state index contributed by atoms with van der Waals surface area (Å²) in [5.74, 6) is 0.359. The van der Waals surface area contributed by atoms with Crippen molar-refractivity contribution in [3.8, 4) is 0 Å². The van der Waals surface area contributed by atoms with Crippen molar-refractivity contribution in [2.45, 2.75) is 37.4 Å². The maximum absolute atomic E-state index is 12.2. The molecule has 0 unspecified atom stereocenters. The second kappa shape index (κ2) is 7.54. The summed E-state index contributed by atoms with van der Waals surface area (Å²) in [6, 6.07) is 4.63. The molecule has 2 aromatic rings. The number of sulfonamides is 1. The smallest absolute Gasteiger partial charge is 0.238 e. The van der Waals surface area contributed by atoms with Gasteiger partial charge in [0.25, 0.3) is 0 Å². The van der Waals surface area contributed by atoms with E-state index in [-0.39, 0.29) is 10.8 Å². The van der Waals surface area contributed by atoms with E-state index in [2.05, 4.69) is 4.98 Å². The quantitative estimate of drug-likeness (QED) is 0.748. The third-order valence-corrected chi connectivity index (χ3v) is 5.64. The van der Waals surface area contributed by atoms with Gasteiger partial charge >= 0.3 is 0 Å². The van der Waals surface area contributed by atoms with Gasteiger partial charge in [0, 0.05) is 19.6 Å². The van der Waals surface area contributed by atoms with E-state index in [0.717, 1.165) is 5.52 Å². The number of carbonyl (C=O) groups excluding carboxylic acids is 1. The number of fused-ring (bicyclic) bond motifs is 1. The first-order valence-electron chi connectivity index (χ1n) is 7.75. The Hall–Kier alpha value is -1.58. The Labute approximate surface area is 146 Å². The number of rotatable bonds is 7. The van der Waals surface area contributed by atoms with E-state index in [1.807, 2.05) is 25.3 Å². The molecule has 0 saturated heterocycles. The molecule has 0 atom stereocenters. The zero-order valence-electron chi connectivity index (χ0n) is 14.0. The number of amides is 1. The van der Waals surface area contributed by atoms with Crippen molar-refractivity contribution in [1.29, 1.82) is 0 Å². The number of benzene rings is 1. The van der Waals surface area contributed by atoms with E-state index >= 15 is 0 Å². The summed E-state index contributed by atoms with van der Waals surface area (Å²) in [5.41, 5.74) is 1.38. The van der Waals surface area contributed by atoms with Gasteiger partial charge in [-0.2, -0.15) is 0 Å². The van der Waals surface area contributed by atoms with Crippen molar-refractivity contribution in [2.24, 2.45) is 5.14 Å². The molecule has 0 saturated carbocycles. The molecule has 9 heteroatoms. The number of hydrogen-bond acceptors (Lipinski definition) is 5. The highest BCUT2D eigenvalue weighted by Gasteiger charge is 2.16. The highest BCUT2D eigenvalue weighted by Crippen LogP contribution is 2.26. The maximum atomic E-state index is 12.2. The van der Waals surface area contributed by atoms with Gasteiger partial charge in [0.1, 0.15) is 0 Å². The average Bonchev–Trinajstić information content (AvgIpc) is 2.89. The molecule has 2 rings (SSSR count). The number of nitrogens with two attached hydrogens (primary N) is 1. The lowest BCUT2D eigenvalue weighted by atomic mass is 10.3. The van der Waals surface area contributed by atoms with Crippen molar-refractivity contribution < 1.29 is 13.2 Å². The van der Waals surface area contributed by atoms with Crippen molar-refractivity contribution >= 4 is 38.7 Å². The van der Waals surface area contributed by atoms with Gasteiger partial charge in [0.15, 0.2) is 5.16 Å². The number of aryl methyl sites for hydroxylation is 1. The van der Waals surface area contributed by atoms with Crippen LogP contribution in [0.2, 0.25) is 0 Å². The Morgan fingerprint density at radius 3 is 2.50 bits per heavy atom. The lowest BCUT2D eigenvalue weighted by molar-refractivity contribution is -0.127. The first kappa shape index (κ1) is 18.8. The molecule has 0 fully saturated rings. The van der Waals surface area contributed by atoms with E-state index in [4.69, 9.17) is 5.14 Å². The number of nitrogens with zero attached hydrogens (tertiary/aromatic N) is 3. The number of carbonyl (C=O) groups is 1. The van der Waals surface area contributed by atoms with Gasteiger partial charge in [-0.3, -0.25) is 4.79 Å². The number of aromatic nitrogens is 2. The fourth-order valence-electron chi connectivity index (χ4n) is 2.47.